The van der Waals surface area contributed by atoms with Crippen molar-refractivity contribution in [2.24, 2.45) is 0 Å². The summed E-state index contributed by atoms with van der Waals surface area (Å²) in [5, 5.41) is 0. The van der Waals surface area contributed by atoms with Crippen LogP contribution in [0.25, 0.3) is 0 Å². The Morgan fingerprint density at radius 1 is 1.00 bits per heavy atom. The molecular formula is C14H14FO3P. The fraction of sp³-hybridized carbons (Fsp3) is 0.143. The van der Waals surface area contributed by atoms with Crippen LogP contribution in [0.3, 0.4) is 0 Å². The lowest BCUT2D eigenvalue weighted by Gasteiger charge is -2.19. The molecule has 0 aliphatic rings. The Hall–Kier alpha value is -1.48. The summed E-state index contributed by atoms with van der Waals surface area (Å²) in [5.74, 6) is -0.447. The topological polar surface area (TPSA) is 57.5 Å². The molecular weight excluding hydrogens is 266 g/mol. The van der Waals surface area contributed by atoms with Crippen molar-refractivity contribution < 1.29 is 18.7 Å². The number of hydrogen-bond donors (Lipinski definition) is 2. The fourth-order valence-corrected chi connectivity index (χ4v) is 2.97. The Kier molecular flexibility index (Phi) is 4.15. The molecule has 2 aromatic carbocycles. The van der Waals surface area contributed by atoms with Crippen LogP contribution in [-0.4, -0.2) is 9.79 Å². The first kappa shape index (κ1) is 13.9. The lowest BCUT2D eigenvalue weighted by atomic mass is 10.0. The van der Waals surface area contributed by atoms with Crippen molar-refractivity contribution in [1.29, 1.82) is 0 Å². The van der Waals surface area contributed by atoms with Gasteiger partial charge in [-0.15, -0.1) is 0 Å². The van der Waals surface area contributed by atoms with Gasteiger partial charge in [0.2, 0.25) is 0 Å². The van der Waals surface area contributed by atoms with Crippen LogP contribution < -0.4 is 0 Å². The Morgan fingerprint density at radius 2 is 1.58 bits per heavy atom. The fourth-order valence-electron chi connectivity index (χ4n) is 1.98. The zero-order valence-corrected chi connectivity index (χ0v) is 11.0. The van der Waals surface area contributed by atoms with Gasteiger partial charge in [-0.1, -0.05) is 48.5 Å². The Bertz CT molecular complexity index is 595. The molecule has 0 saturated heterocycles. The van der Waals surface area contributed by atoms with E-state index in [-0.39, 0.29) is 6.42 Å². The smallest absolute Gasteiger partial charge is 0.324 e. The van der Waals surface area contributed by atoms with E-state index >= 15 is 0 Å². The Labute approximate surface area is 110 Å². The first-order valence-electron chi connectivity index (χ1n) is 5.82. The predicted molar refractivity (Wildman–Crippen MR) is 71.3 cm³/mol. The Morgan fingerprint density at radius 3 is 2.16 bits per heavy atom. The number of halogens is 1. The molecule has 0 heterocycles. The average molecular weight is 280 g/mol. The molecule has 3 nitrogen and oxygen atoms in total. The second-order valence-electron chi connectivity index (χ2n) is 4.31. The third-order valence-electron chi connectivity index (χ3n) is 2.96. The van der Waals surface area contributed by atoms with E-state index < -0.39 is 19.1 Å². The molecule has 2 aromatic rings. The normalized spacial score (nSPS) is 13.2. The van der Waals surface area contributed by atoms with E-state index in [0.717, 1.165) is 0 Å². The first-order chi connectivity index (χ1) is 8.98. The molecule has 1 atom stereocenters. The van der Waals surface area contributed by atoms with Gasteiger partial charge in [0.05, 0.1) is 5.66 Å². The third kappa shape index (κ3) is 3.51. The largest absolute Gasteiger partial charge is 0.333 e. The zero-order chi connectivity index (χ0) is 13.9. The van der Waals surface area contributed by atoms with E-state index in [1.807, 2.05) is 0 Å². The quantitative estimate of drug-likeness (QED) is 0.845. The molecule has 5 heteroatoms. The average Bonchev–Trinajstić information content (AvgIpc) is 2.37. The van der Waals surface area contributed by atoms with E-state index in [1.165, 1.54) is 6.07 Å². The molecule has 0 fully saturated rings. The maximum Gasteiger partial charge on any atom is 0.333 e. The van der Waals surface area contributed by atoms with Crippen molar-refractivity contribution in [3.05, 3.63) is 71.5 Å². The van der Waals surface area contributed by atoms with Crippen LogP contribution in [0, 0.1) is 5.82 Å². The van der Waals surface area contributed by atoms with Crippen molar-refractivity contribution >= 4 is 7.60 Å². The van der Waals surface area contributed by atoms with Crippen LogP contribution in [0.4, 0.5) is 4.39 Å². The van der Waals surface area contributed by atoms with Gasteiger partial charge in [-0.2, -0.15) is 0 Å². The van der Waals surface area contributed by atoms with Crippen LogP contribution in [0.15, 0.2) is 54.6 Å². The molecule has 100 valence electrons. The summed E-state index contributed by atoms with van der Waals surface area (Å²) in [6, 6.07) is 14.5. The maximum atomic E-state index is 13.6. The second kappa shape index (κ2) is 5.66. The van der Waals surface area contributed by atoms with Gasteiger partial charge in [0, 0.05) is 0 Å². The van der Waals surface area contributed by atoms with Gasteiger partial charge in [0.25, 0.3) is 0 Å². The van der Waals surface area contributed by atoms with Gasteiger partial charge in [-0.25, -0.2) is 4.39 Å². The van der Waals surface area contributed by atoms with E-state index in [9.17, 15) is 18.7 Å². The molecule has 0 aliphatic carbocycles. The van der Waals surface area contributed by atoms with Crippen molar-refractivity contribution in [3.8, 4) is 0 Å². The summed E-state index contributed by atoms with van der Waals surface area (Å²) in [5.41, 5.74) is -0.204. The van der Waals surface area contributed by atoms with Gasteiger partial charge in [0.15, 0.2) is 0 Å². The second-order valence-corrected chi connectivity index (χ2v) is 6.11. The SMILES string of the molecule is O=P(O)(O)C(Cc1ccccc1F)c1ccccc1. The highest BCUT2D eigenvalue weighted by atomic mass is 31.2. The molecule has 0 aromatic heterocycles. The van der Waals surface area contributed by atoms with Crippen LogP contribution in [-0.2, 0) is 11.0 Å². The van der Waals surface area contributed by atoms with Gasteiger partial charge < -0.3 is 9.79 Å². The summed E-state index contributed by atoms with van der Waals surface area (Å²) in [7, 11) is -4.35. The lowest BCUT2D eigenvalue weighted by molar-refractivity contribution is 0.357. The van der Waals surface area contributed by atoms with Gasteiger partial charge >= 0.3 is 7.60 Å². The predicted octanol–water partition coefficient (Wildman–Crippen LogP) is 3.29. The zero-order valence-electron chi connectivity index (χ0n) is 10.1. The lowest BCUT2D eigenvalue weighted by Crippen LogP contribution is -2.05. The van der Waals surface area contributed by atoms with Gasteiger partial charge in [-0.3, -0.25) is 4.57 Å². The van der Waals surface area contributed by atoms with E-state index in [1.54, 1.807) is 48.5 Å². The van der Waals surface area contributed by atoms with Crippen molar-refractivity contribution in [2.45, 2.75) is 12.1 Å². The Balaban J connectivity index is 2.36. The van der Waals surface area contributed by atoms with Gasteiger partial charge in [-0.05, 0) is 23.6 Å². The van der Waals surface area contributed by atoms with Crippen molar-refractivity contribution in [3.63, 3.8) is 0 Å². The standard InChI is InChI=1S/C14H14FO3P/c15-13-9-5-4-8-12(13)10-14(19(16,17)18)11-6-2-1-3-7-11/h1-9,14H,10H2,(H2,16,17,18). The highest BCUT2D eigenvalue weighted by Gasteiger charge is 2.31. The van der Waals surface area contributed by atoms with Gasteiger partial charge in [0.1, 0.15) is 5.82 Å². The van der Waals surface area contributed by atoms with E-state index in [0.29, 0.717) is 11.1 Å². The summed E-state index contributed by atoms with van der Waals surface area (Å²) in [6.45, 7) is 0. The molecule has 0 aliphatic heterocycles. The molecule has 0 spiro atoms. The van der Waals surface area contributed by atoms with E-state index in [4.69, 9.17) is 0 Å². The van der Waals surface area contributed by atoms with Crippen LogP contribution in [0.2, 0.25) is 0 Å². The van der Waals surface area contributed by atoms with Crippen LogP contribution in [0.1, 0.15) is 16.8 Å². The number of benzene rings is 2. The molecule has 0 saturated carbocycles. The van der Waals surface area contributed by atoms with Crippen LogP contribution in [0.5, 0.6) is 0 Å². The molecule has 1 unspecified atom stereocenters. The third-order valence-corrected chi connectivity index (χ3v) is 4.25. The van der Waals surface area contributed by atoms with Crippen LogP contribution >= 0.6 is 7.60 Å². The molecule has 2 N–H and O–H groups in total. The highest BCUT2D eigenvalue weighted by Crippen LogP contribution is 2.53. The number of rotatable bonds is 4. The summed E-state index contributed by atoms with van der Waals surface area (Å²) >= 11 is 0. The van der Waals surface area contributed by atoms with Crippen molar-refractivity contribution in [1.82, 2.24) is 0 Å². The molecule has 19 heavy (non-hydrogen) atoms. The summed E-state index contributed by atoms with van der Waals surface area (Å²) in [6.07, 6.45) is -0.0268. The minimum Gasteiger partial charge on any atom is -0.324 e. The maximum absolute atomic E-state index is 13.6. The molecule has 0 amide bonds. The van der Waals surface area contributed by atoms with E-state index in [2.05, 4.69) is 0 Å². The van der Waals surface area contributed by atoms with Crippen molar-refractivity contribution in [2.75, 3.05) is 0 Å². The molecule has 0 radical (unpaired) electrons. The summed E-state index contributed by atoms with van der Waals surface area (Å²) < 4.78 is 25.2. The molecule has 0 bridgehead atoms. The summed E-state index contributed by atoms with van der Waals surface area (Å²) in [4.78, 5) is 18.9. The minimum absolute atomic E-state index is 0.0268. The molecule has 2 rings (SSSR count). The minimum atomic E-state index is -4.35. The number of hydrogen-bond acceptors (Lipinski definition) is 1. The first-order valence-corrected chi connectivity index (χ1v) is 7.50. The monoisotopic (exact) mass is 280 g/mol. The highest BCUT2D eigenvalue weighted by molar-refractivity contribution is 7.52.